The van der Waals surface area contributed by atoms with E-state index in [9.17, 15) is 14.7 Å². The molecule has 0 radical (unpaired) electrons. The van der Waals surface area contributed by atoms with E-state index in [4.69, 9.17) is 4.74 Å². The summed E-state index contributed by atoms with van der Waals surface area (Å²) in [5, 5.41) is 12.6. The minimum absolute atomic E-state index is 0.257. The lowest BCUT2D eigenvalue weighted by Crippen LogP contribution is -2.42. The van der Waals surface area contributed by atoms with E-state index in [1.807, 2.05) is 6.07 Å². The minimum atomic E-state index is -1.56. The van der Waals surface area contributed by atoms with Gasteiger partial charge in [-0.2, -0.15) is 0 Å². The van der Waals surface area contributed by atoms with E-state index in [2.05, 4.69) is 36.4 Å². The first kappa shape index (κ1) is 19.9. The number of methoxy groups -OCH3 is 1. The molecule has 2 atom stereocenters. The average Bonchev–Trinajstić information content (AvgIpc) is 2.55. The highest BCUT2D eigenvalue weighted by atomic mass is 28.3. The third-order valence-electron chi connectivity index (χ3n) is 3.17. The first-order valence-corrected chi connectivity index (χ1v) is 11.4. The minimum Gasteiger partial charge on any atom is -0.467 e. The first-order chi connectivity index (χ1) is 11.2. The van der Waals surface area contributed by atoms with Gasteiger partial charge in [-0.05, 0) is 25.0 Å². The van der Waals surface area contributed by atoms with Crippen LogP contribution in [0.15, 0.2) is 30.3 Å². The number of aliphatic hydroxyl groups is 1. The van der Waals surface area contributed by atoms with E-state index in [1.165, 1.54) is 7.11 Å². The molecular weight excluding hydrogens is 322 g/mol. The van der Waals surface area contributed by atoms with Crippen molar-refractivity contribution >= 4 is 20.0 Å². The summed E-state index contributed by atoms with van der Waals surface area (Å²) in [6.45, 7) is 6.26. The molecule has 24 heavy (non-hydrogen) atoms. The van der Waals surface area contributed by atoms with Gasteiger partial charge in [0.2, 0.25) is 0 Å². The van der Waals surface area contributed by atoms with Crippen molar-refractivity contribution in [1.29, 1.82) is 0 Å². The lowest BCUT2D eigenvalue weighted by molar-refractivity contribution is -0.143. The van der Waals surface area contributed by atoms with Crippen molar-refractivity contribution in [1.82, 2.24) is 5.32 Å². The van der Waals surface area contributed by atoms with Crippen molar-refractivity contribution in [3.05, 3.63) is 35.9 Å². The normalized spacial score (nSPS) is 13.2. The fraction of sp³-hybridized carbons (Fsp3) is 0.444. The van der Waals surface area contributed by atoms with Gasteiger partial charge in [-0.3, -0.25) is 4.79 Å². The molecule has 0 spiro atoms. The summed E-state index contributed by atoms with van der Waals surface area (Å²) in [6, 6.07) is 7.82. The fourth-order valence-electron chi connectivity index (χ4n) is 1.92. The smallest absolute Gasteiger partial charge is 0.328 e. The van der Waals surface area contributed by atoms with Crippen molar-refractivity contribution in [2.75, 3.05) is 7.11 Å². The van der Waals surface area contributed by atoms with Gasteiger partial charge in [0.1, 0.15) is 20.2 Å². The SMILES string of the molecule is COC(=O)[C@H](CCC(O)C#C[Si](C)(C)C)NC(=O)c1ccccc1. The predicted molar refractivity (Wildman–Crippen MR) is 96.1 cm³/mol. The van der Waals surface area contributed by atoms with E-state index in [0.717, 1.165) is 0 Å². The van der Waals surface area contributed by atoms with Crippen LogP contribution >= 0.6 is 0 Å². The largest absolute Gasteiger partial charge is 0.467 e. The zero-order valence-electron chi connectivity index (χ0n) is 14.6. The molecule has 0 aliphatic rings. The topological polar surface area (TPSA) is 75.6 Å². The molecule has 0 heterocycles. The molecule has 0 aliphatic carbocycles. The number of aliphatic hydroxyl groups excluding tert-OH is 1. The van der Waals surface area contributed by atoms with Crippen molar-refractivity contribution in [3.63, 3.8) is 0 Å². The molecule has 1 amide bonds. The van der Waals surface area contributed by atoms with E-state index in [0.29, 0.717) is 5.56 Å². The van der Waals surface area contributed by atoms with Crippen molar-refractivity contribution in [2.24, 2.45) is 0 Å². The summed E-state index contributed by atoms with van der Waals surface area (Å²) in [6.07, 6.45) is -0.281. The number of benzene rings is 1. The maximum atomic E-state index is 12.2. The van der Waals surface area contributed by atoms with Crippen LogP contribution in [0, 0.1) is 11.5 Å². The van der Waals surface area contributed by atoms with Crippen LogP contribution in [0.2, 0.25) is 19.6 Å². The molecule has 0 saturated carbocycles. The molecule has 0 saturated heterocycles. The van der Waals surface area contributed by atoms with E-state index < -0.39 is 26.2 Å². The van der Waals surface area contributed by atoms with Gasteiger partial charge in [0.15, 0.2) is 0 Å². The van der Waals surface area contributed by atoms with Crippen molar-refractivity contribution < 1.29 is 19.4 Å². The van der Waals surface area contributed by atoms with Crippen molar-refractivity contribution in [3.8, 4) is 11.5 Å². The van der Waals surface area contributed by atoms with Gasteiger partial charge >= 0.3 is 5.97 Å². The van der Waals surface area contributed by atoms with Crippen LogP contribution in [0.1, 0.15) is 23.2 Å². The van der Waals surface area contributed by atoms with Crippen LogP contribution in [-0.2, 0) is 9.53 Å². The Bertz CT molecular complexity index is 613. The Balaban J connectivity index is 2.67. The van der Waals surface area contributed by atoms with Crippen LogP contribution in [0.5, 0.6) is 0 Å². The van der Waals surface area contributed by atoms with Crippen LogP contribution in [0.25, 0.3) is 0 Å². The molecule has 0 bridgehead atoms. The highest BCUT2D eigenvalue weighted by molar-refractivity contribution is 6.83. The maximum Gasteiger partial charge on any atom is 0.328 e. The lowest BCUT2D eigenvalue weighted by Gasteiger charge is -2.17. The summed E-state index contributed by atoms with van der Waals surface area (Å²) >= 11 is 0. The number of ether oxygens (including phenoxy) is 1. The summed E-state index contributed by atoms with van der Waals surface area (Å²) in [4.78, 5) is 24.0. The summed E-state index contributed by atoms with van der Waals surface area (Å²) < 4.78 is 4.73. The summed E-state index contributed by atoms with van der Waals surface area (Å²) in [5.41, 5.74) is 3.55. The van der Waals surface area contributed by atoms with Gasteiger partial charge in [-0.25, -0.2) is 4.79 Å². The van der Waals surface area contributed by atoms with Gasteiger partial charge in [0, 0.05) is 5.56 Å². The fourth-order valence-corrected chi connectivity index (χ4v) is 2.52. The standard InChI is InChI=1S/C18H25NO4Si/c1-23-18(22)16(11-10-15(20)12-13-24(2,3)4)19-17(21)14-8-6-5-7-9-14/h5-9,15-16,20H,10-11H2,1-4H3,(H,19,21)/t15?,16-/m0/s1. The lowest BCUT2D eigenvalue weighted by atomic mass is 10.1. The molecule has 0 aliphatic heterocycles. The number of hydrogen-bond acceptors (Lipinski definition) is 4. The Morgan fingerprint density at radius 2 is 1.83 bits per heavy atom. The maximum absolute atomic E-state index is 12.2. The monoisotopic (exact) mass is 347 g/mol. The second kappa shape index (κ2) is 9.26. The Morgan fingerprint density at radius 1 is 1.21 bits per heavy atom. The van der Waals surface area contributed by atoms with Gasteiger partial charge in [0.25, 0.3) is 5.91 Å². The molecule has 0 aromatic heterocycles. The number of carbonyl (C=O) groups is 2. The highest BCUT2D eigenvalue weighted by Gasteiger charge is 2.22. The molecule has 2 N–H and O–H groups in total. The zero-order chi connectivity index (χ0) is 18.2. The highest BCUT2D eigenvalue weighted by Crippen LogP contribution is 2.07. The van der Waals surface area contributed by atoms with Crippen LogP contribution in [0.4, 0.5) is 0 Å². The van der Waals surface area contributed by atoms with Gasteiger partial charge in [-0.15, -0.1) is 5.54 Å². The molecule has 1 rings (SSSR count). The van der Waals surface area contributed by atoms with E-state index in [1.54, 1.807) is 24.3 Å². The molecular formula is C18H25NO4Si. The number of esters is 1. The van der Waals surface area contributed by atoms with Crippen LogP contribution in [0.3, 0.4) is 0 Å². The van der Waals surface area contributed by atoms with Crippen LogP contribution in [-0.4, -0.2) is 44.3 Å². The summed E-state index contributed by atoms with van der Waals surface area (Å²) in [5.74, 6) is 1.93. The number of hydrogen-bond donors (Lipinski definition) is 2. The Morgan fingerprint density at radius 3 is 2.38 bits per heavy atom. The number of amides is 1. The van der Waals surface area contributed by atoms with E-state index >= 15 is 0 Å². The molecule has 1 unspecified atom stereocenters. The summed E-state index contributed by atoms with van der Waals surface area (Å²) in [7, 11) is -0.288. The molecule has 5 nitrogen and oxygen atoms in total. The molecule has 0 fully saturated rings. The van der Waals surface area contributed by atoms with Gasteiger partial charge in [0.05, 0.1) is 7.11 Å². The van der Waals surface area contributed by atoms with Gasteiger partial charge in [-0.1, -0.05) is 43.8 Å². The Labute approximate surface area is 144 Å². The number of carbonyl (C=O) groups excluding carboxylic acids is 2. The number of rotatable bonds is 6. The average molecular weight is 347 g/mol. The quantitative estimate of drug-likeness (QED) is 0.469. The van der Waals surface area contributed by atoms with Gasteiger partial charge < -0.3 is 15.2 Å². The Kier molecular flexibility index (Phi) is 7.69. The molecule has 6 heteroatoms. The number of nitrogens with one attached hydrogen (secondary N) is 1. The zero-order valence-corrected chi connectivity index (χ0v) is 15.6. The molecule has 1 aromatic carbocycles. The van der Waals surface area contributed by atoms with Crippen molar-refractivity contribution in [2.45, 2.75) is 44.6 Å². The molecule has 1 aromatic rings. The predicted octanol–water partition coefficient (Wildman–Crippen LogP) is 1.98. The third-order valence-corrected chi connectivity index (χ3v) is 4.06. The van der Waals surface area contributed by atoms with Crippen LogP contribution < -0.4 is 5.32 Å². The Hall–Kier alpha value is -2.10. The molecule has 130 valence electrons. The third kappa shape index (κ3) is 7.44. The first-order valence-electron chi connectivity index (χ1n) is 7.87. The second-order valence-electron chi connectivity index (χ2n) is 6.53. The van der Waals surface area contributed by atoms with E-state index in [-0.39, 0.29) is 18.7 Å². The second-order valence-corrected chi connectivity index (χ2v) is 11.3.